The molecule has 1 aromatic heterocycles. The topological polar surface area (TPSA) is 66.2 Å². The lowest BCUT2D eigenvalue weighted by atomic mass is 10.1. The van der Waals surface area contributed by atoms with E-state index in [0.717, 1.165) is 23.0 Å². The van der Waals surface area contributed by atoms with Crippen molar-refractivity contribution < 1.29 is 22.7 Å². The number of aromatic amines is 1. The smallest absolute Gasteiger partial charge is 0.416 e. The molecule has 0 unspecified atom stereocenters. The van der Waals surface area contributed by atoms with E-state index in [-0.39, 0.29) is 6.61 Å². The summed E-state index contributed by atoms with van der Waals surface area (Å²) in [4.78, 5) is 15.4. The Morgan fingerprint density at radius 2 is 1.69 bits per heavy atom. The number of hydrogen-bond donors (Lipinski definition) is 3. The lowest BCUT2D eigenvalue weighted by molar-refractivity contribution is -0.137. The number of halogens is 4. The van der Waals surface area contributed by atoms with Gasteiger partial charge in [0, 0.05) is 27.8 Å². The highest BCUT2D eigenvalue weighted by atomic mass is 35.5. The molecule has 0 aliphatic rings. The van der Waals surface area contributed by atoms with Gasteiger partial charge in [-0.3, -0.25) is 0 Å². The predicted molar refractivity (Wildman–Crippen MR) is 118 cm³/mol. The summed E-state index contributed by atoms with van der Waals surface area (Å²) in [7, 11) is 0. The molecular formula is C23H17ClF3N3O2. The Balaban J connectivity index is 1.32. The Hall–Kier alpha value is -3.65. The van der Waals surface area contributed by atoms with Crippen molar-refractivity contribution in [2.24, 2.45) is 0 Å². The van der Waals surface area contributed by atoms with Crippen molar-refractivity contribution >= 4 is 39.9 Å². The number of carbonyl (C=O) groups excluding carboxylic acids is 1. The molecule has 0 aliphatic heterocycles. The molecular weight excluding hydrogens is 443 g/mol. The molecule has 2 amide bonds. The zero-order valence-electron chi connectivity index (χ0n) is 16.5. The predicted octanol–water partition coefficient (Wildman–Crippen LogP) is 7.06. The van der Waals surface area contributed by atoms with Crippen LogP contribution in [-0.4, -0.2) is 11.0 Å². The number of carbonyl (C=O) groups is 1. The lowest BCUT2D eigenvalue weighted by Crippen LogP contribution is -2.19. The molecule has 0 aliphatic carbocycles. The molecule has 0 bridgehead atoms. The fraction of sp³-hybridized carbons (Fsp3) is 0.0870. The fourth-order valence-electron chi connectivity index (χ4n) is 3.07. The van der Waals surface area contributed by atoms with Gasteiger partial charge in [-0.25, -0.2) is 4.79 Å². The summed E-state index contributed by atoms with van der Waals surface area (Å²) in [6.45, 7) is 0.120. The van der Waals surface area contributed by atoms with E-state index in [2.05, 4.69) is 15.6 Å². The minimum atomic E-state index is -4.37. The Bertz CT molecular complexity index is 1240. The number of hydrogen-bond acceptors (Lipinski definition) is 2. The Labute approximate surface area is 186 Å². The molecule has 0 saturated heterocycles. The molecule has 0 spiro atoms. The Morgan fingerprint density at radius 3 is 2.38 bits per heavy atom. The van der Waals surface area contributed by atoms with Crippen LogP contribution in [0.5, 0.6) is 5.75 Å². The van der Waals surface area contributed by atoms with Crippen LogP contribution in [0.2, 0.25) is 5.02 Å². The van der Waals surface area contributed by atoms with Crippen LogP contribution < -0.4 is 15.4 Å². The molecule has 4 rings (SSSR count). The van der Waals surface area contributed by atoms with Crippen LogP contribution in [0, 0.1) is 0 Å². The van der Waals surface area contributed by atoms with Gasteiger partial charge in [0.05, 0.1) is 11.3 Å². The molecule has 164 valence electrons. The number of aromatic nitrogens is 1. The van der Waals surface area contributed by atoms with Crippen LogP contribution in [0.3, 0.4) is 0 Å². The van der Waals surface area contributed by atoms with E-state index >= 15 is 0 Å². The first kappa shape index (κ1) is 21.6. The van der Waals surface area contributed by atoms with E-state index in [1.165, 1.54) is 12.1 Å². The zero-order valence-corrected chi connectivity index (χ0v) is 17.2. The molecule has 9 heteroatoms. The highest BCUT2D eigenvalue weighted by Gasteiger charge is 2.29. The number of ether oxygens (including phenoxy) is 1. The first-order valence-electron chi connectivity index (χ1n) is 9.51. The number of benzene rings is 3. The van der Waals surface area contributed by atoms with E-state index in [9.17, 15) is 18.0 Å². The van der Waals surface area contributed by atoms with E-state index in [0.29, 0.717) is 27.7 Å². The van der Waals surface area contributed by atoms with Crippen LogP contribution in [-0.2, 0) is 12.8 Å². The number of urea groups is 1. The van der Waals surface area contributed by atoms with Gasteiger partial charge in [0.1, 0.15) is 12.4 Å². The monoisotopic (exact) mass is 459 g/mol. The van der Waals surface area contributed by atoms with E-state index in [4.69, 9.17) is 16.3 Å². The minimum Gasteiger partial charge on any atom is -0.489 e. The number of alkyl halides is 3. The van der Waals surface area contributed by atoms with Crippen molar-refractivity contribution in [1.82, 2.24) is 4.98 Å². The molecule has 0 atom stereocenters. The van der Waals surface area contributed by atoms with Crippen molar-refractivity contribution in [1.29, 1.82) is 0 Å². The summed E-state index contributed by atoms with van der Waals surface area (Å²) in [5, 5.41) is 6.84. The van der Waals surface area contributed by atoms with Gasteiger partial charge in [0.15, 0.2) is 0 Å². The largest absolute Gasteiger partial charge is 0.489 e. The van der Waals surface area contributed by atoms with Gasteiger partial charge >= 0.3 is 12.2 Å². The molecule has 1 heterocycles. The molecule has 32 heavy (non-hydrogen) atoms. The molecule has 3 aromatic carbocycles. The van der Waals surface area contributed by atoms with E-state index in [1.54, 1.807) is 42.6 Å². The first-order valence-corrected chi connectivity index (χ1v) is 9.89. The number of nitrogens with one attached hydrogen (secondary N) is 3. The first-order chi connectivity index (χ1) is 15.3. The van der Waals surface area contributed by atoms with Gasteiger partial charge in [-0.2, -0.15) is 13.2 Å². The van der Waals surface area contributed by atoms with Gasteiger partial charge in [0.2, 0.25) is 0 Å². The lowest BCUT2D eigenvalue weighted by Gasteiger charge is -2.10. The van der Waals surface area contributed by atoms with Crippen LogP contribution >= 0.6 is 11.6 Å². The third-order valence-corrected chi connectivity index (χ3v) is 4.93. The molecule has 0 radical (unpaired) electrons. The SMILES string of the molecule is O=C(Nc1ccc(OCc2ccc(C(F)(F)F)cc2)cc1)Nc1c[nH]c2ccc(Cl)cc12. The standard InChI is InChI=1S/C23H17ClF3N3O2/c24-16-5-10-20-19(11-16)21(12-28-20)30-22(31)29-17-6-8-18(9-7-17)32-13-14-1-3-15(4-2-14)23(25,26)27/h1-12,28H,13H2,(H2,29,30,31). The molecule has 0 fully saturated rings. The average Bonchev–Trinajstić information content (AvgIpc) is 3.14. The van der Waals surface area contributed by atoms with E-state index < -0.39 is 17.8 Å². The van der Waals surface area contributed by atoms with E-state index in [1.807, 2.05) is 6.07 Å². The van der Waals surface area contributed by atoms with Crippen LogP contribution in [0.4, 0.5) is 29.3 Å². The zero-order chi connectivity index (χ0) is 22.7. The second kappa shape index (κ2) is 8.84. The van der Waals surface area contributed by atoms with Crippen LogP contribution in [0.15, 0.2) is 72.9 Å². The number of fused-ring (bicyclic) bond motifs is 1. The minimum absolute atomic E-state index is 0.120. The third kappa shape index (κ3) is 5.15. The Kier molecular flexibility index (Phi) is 5.96. The van der Waals surface area contributed by atoms with Crippen molar-refractivity contribution in [3.63, 3.8) is 0 Å². The summed E-state index contributed by atoms with van der Waals surface area (Å²) >= 11 is 6.02. The number of amides is 2. The quantitative estimate of drug-likeness (QED) is 0.299. The molecule has 3 N–H and O–H groups in total. The van der Waals surface area contributed by atoms with Crippen molar-refractivity contribution in [3.8, 4) is 5.75 Å². The number of H-pyrrole nitrogens is 1. The summed E-state index contributed by atoms with van der Waals surface area (Å²) in [5.74, 6) is 0.516. The van der Waals surface area contributed by atoms with Gasteiger partial charge in [0.25, 0.3) is 0 Å². The maximum atomic E-state index is 12.6. The van der Waals surface area contributed by atoms with Gasteiger partial charge < -0.3 is 20.4 Å². The maximum absolute atomic E-state index is 12.6. The van der Waals surface area contributed by atoms with Gasteiger partial charge in [-0.15, -0.1) is 0 Å². The number of anilines is 2. The van der Waals surface area contributed by atoms with Gasteiger partial charge in [-0.05, 0) is 60.2 Å². The molecule has 0 saturated carbocycles. The van der Waals surface area contributed by atoms with Crippen molar-refractivity contribution in [2.45, 2.75) is 12.8 Å². The summed E-state index contributed by atoms with van der Waals surface area (Å²) < 4.78 is 43.4. The van der Waals surface area contributed by atoms with Gasteiger partial charge in [-0.1, -0.05) is 23.7 Å². The third-order valence-electron chi connectivity index (χ3n) is 4.69. The van der Waals surface area contributed by atoms with Crippen molar-refractivity contribution in [2.75, 3.05) is 10.6 Å². The normalized spacial score (nSPS) is 11.4. The number of rotatable bonds is 5. The van der Waals surface area contributed by atoms with Crippen LogP contribution in [0.1, 0.15) is 11.1 Å². The molecule has 5 nitrogen and oxygen atoms in total. The van der Waals surface area contributed by atoms with Crippen LogP contribution in [0.25, 0.3) is 10.9 Å². The summed E-state index contributed by atoms with van der Waals surface area (Å²) in [6.07, 6.45) is -2.69. The highest BCUT2D eigenvalue weighted by molar-refractivity contribution is 6.31. The average molecular weight is 460 g/mol. The second-order valence-corrected chi connectivity index (χ2v) is 7.42. The molecule has 4 aromatic rings. The Morgan fingerprint density at radius 1 is 0.969 bits per heavy atom. The van der Waals surface area contributed by atoms with Crippen molar-refractivity contribution in [3.05, 3.63) is 89.1 Å². The summed E-state index contributed by atoms with van der Waals surface area (Å²) in [6, 6.07) is 16.3. The highest BCUT2D eigenvalue weighted by Crippen LogP contribution is 2.29. The maximum Gasteiger partial charge on any atom is 0.416 e. The fourth-order valence-corrected chi connectivity index (χ4v) is 3.24. The second-order valence-electron chi connectivity index (χ2n) is 6.98. The summed E-state index contributed by atoms with van der Waals surface area (Å²) in [5.41, 5.74) is 1.89.